The van der Waals surface area contributed by atoms with Crippen LogP contribution in [0.4, 0.5) is 0 Å². The van der Waals surface area contributed by atoms with Crippen LogP contribution >= 0.6 is 0 Å². The fourth-order valence-electron chi connectivity index (χ4n) is 2.73. The normalized spacial score (nSPS) is 12.0. The van der Waals surface area contributed by atoms with E-state index in [2.05, 4.69) is 21.5 Å². The number of hydrogen-bond donors (Lipinski definition) is 1. The number of amides is 1. The largest absolute Gasteiger partial charge is 0.346 e. The van der Waals surface area contributed by atoms with Gasteiger partial charge in [0.05, 0.1) is 11.7 Å². The van der Waals surface area contributed by atoms with Gasteiger partial charge in [0.15, 0.2) is 0 Å². The maximum Gasteiger partial charge on any atom is 0.251 e. The minimum absolute atomic E-state index is 0.0605. The van der Waals surface area contributed by atoms with E-state index in [-0.39, 0.29) is 11.9 Å². The molecule has 1 heterocycles. The lowest BCUT2D eigenvalue weighted by molar-refractivity contribution is 0.0939. The lowest BCUT2D eigenvalue weighted by atomic mass is 10.0. The van der Waals surface area contributed by atoms with Crippen LogP contribution in [0.15, 0.2) is 55.1 Å². The summed E-state index contributed by atoms with van der Waals surface area (Å²) in [6, 6.07) is 13.7. The highest BCUT2D eigenvalue weighted by atomic mass is 16.1. The summed E-state index contributed by atoms with van der Waals surface area (Å²) in [5.74, 6) is -0.0605. The molecule has 5 nitrogen and oxygen atoms in total. The molecule has 122 valence electrons. The van der Waals surface area contributed by atoms with Gasteiger partial charge in [0, 0.05) is 5.56 Å². The molecule has 0 fully saturated rings. The van der Waals surface area contributed by atoms with Crippen molar-refractivity contribution < 1.29 is 4.79 Å². The SMILES string of the molecule is Cc1cc(C)cc(C(=O)N[C@@H](C)c2ccc(-n3cncn3)cc2)c1. The Morgan fingerprint density at radius 1 is 1.08 bits per heavy atom. The van der Waals surface area contributed by atoms with Crippen molar-refractivity contribution in [3.8, 4) is 5.69 Å². The van der Waals surface area contributed by atoms with Crippen LogP contribution < -0.4 is 5.32 Å². The topological polar surface area (TPSA) is 59.8 Å². The minimum Gasteiger partial charge on any atom is -0.346 e. The highest BCUT2D eigenvalue weighted by Crippen LogP contribution is 2.16. The van der Waals surface area contributed by atoms with Gasteiger partial charge in [-0.1, -0.05) is 29.3 Å². The Labute approximate surface area is 141 Å². The molecule has 0 saturated carbocycles. The third-order valence-electron chi connectivity index (χ3n) is 3.91. The summed E-state index contributed by atoms with van der Waals surface area (Å²) in [5.41, 5.74) is 4.84. The second-order valence-corrected chi connectivity index (χ2v) is 6.00. The first-order valence-electron chi connectivity index (χ1n) is 7.87. The number of aromatic nitrogens is 3. The zero-order valence-electron chi connectivity index (χ0n) is 14.0. The molecule has 0 aliphatic rings. The van der Waals surface area contributed by atoms with Crippen molar-refractivity contribution in [1.82, 2.24) is 20.1 Å². The Kier molecular flexibility index (Phi) is 4.42. The van der Waals surface area contributed by atoms with Gasteiger partial charge in [-0.3, -0.25) is 4.79 Å². The zero-order chi connectivity index (χ0) is 17.1. The van der Waals surface area contributed by atoms with Crippen molar-refractivity contribution in [3.63, 3.8) is 0 Å². The number of carbonyl (C=O) groups is 1. The van der Waals surface area contributed by atoms with Gasteiger partial charge in [-0.25, -0.2) is 9.67 Å². The summed E-state index contributed by atoms with van der Waals surface area (Å²) in [4.78, 5) is 16.4. The lowest BCUT2D eigenvalue weighted by Crippen LogP contribution is -2.26. The average Bonchev–Trinajstić information content (AvgIpc) is 3.08. The maximum atomic E-state index is 12.5. The molecule has 1 atom stereocenters. The fraction of sp³-hybridized carbons (Fsp3) is 0.211. The van der Waals surface area contributed by atoms with Crippen molar-refractivity contribution in [2.75, 3.05) is 0 Å². The fourth-order valence-corrected chi connectivity index (χ4v) is 2.73. The molecular formula is C19H20N4O. The number of rotatable bonds is 4. The molecule has 1 aromatic heterocycles. The van der Waals surface area contributed by atoms with E-state index in [9.17, 15) is 4.79 Å². The first-order chi connectivity index (χ1) is 11.5. The Hall–Kier alpha value is -2.95. The molecular weight excluding hydrogens is 300 g/mol. The third-order valence-corrected chi connectivity index (χ3v) is 3.91. The van der Waals surface area contributed by atoms with Gasteiger partial charge in [0.2, 0.25) is 0 Å². The molecule has 2 aromatic carbocycles. The standard InChI is InChI=1S/C19H20N4O/c1-13-8-14(2)10-17(9-13)19(24)22-15(3)16-4-6-18(7-5-16)23-12-20-11-21-23/h4-12,15H,1-3H3,(H,22,24)/t15-/m0/s1. The molecule has 3 rings (SSSR count). The maximum absolute atomic E-state index is 12.5. The predicted molar refractivity (Wildman–Crippen MR) is 93.2 cm³/mol. The monoisotopic (exact) mass is 320 g/mol. The van der Waals surface area contributed by atoms with Crippen LogP contribution in [0.1, 0.15) is 40.0 Å². The van der Waals surface area contributed by atoms with Crippen molar-refractivity contribution >= 4 is 5.91 Å². The van der Waals surface area contributed by atoms with E-state index in [0.29, 0.717) is 5.56 Å². The molecule has 24 heavy (non-hydrogen) atoms. The van der Waals surface area contributed by atoms with E-state index in [1.165, 1.54) is 6.33 Å². The minimum atomic E-state index is -0.0804. The summed E-state index contributed by atoms with van der Waals surface area (Å²) < 4.78 is 1.70. The van der Waals surface area contributed by atoms with Crippen molar-refractivity contribution in [1.29, 1.82) is 0 Å². The van der Waals surface area contributed by atoms with Gasteiger partial charge in [-0.15, -0.1) is 0 Å². The Bertz CT molecular complexity index is 818. The highest BCUT2D eigenvalue weighted by molar-refractivity contribution is 5.94. The molecule has 0 saturated heterocycles. The number of aryl methyl sites for hydroxylation is 2. The summed E-state index contributed by atoms with van der Waals surface area (Å²) in [6.45, 7) is 5.97. The van der Waals surface area contributed by atoms with Crippen LogP contribution in [0.3, 0.4) is 0 Å². The number of nitrogens with one attached hydrogen (secondary N) is 1. The van der Waals surface area contributed by atoms with Gasteiger partial charge in [-0.2, -0.15) is 5.10 Å². The quantitative estimate of drug-likeness (QED) is 0.802. The van der Waals surface area contributed by atoms with Crippen molar-refractivity contribution in [2.45, 2.75) is 26.8 Å². The Morgan fingerprint density at radius 3 is 2.33 bits per heavy atom. The smallest absolute Gasteiger partial charge is 0.251 e. The number of hydrogen-bond acceptors (Lipinski definition) is 3. The van der Waals surface area contributed by atoms with Gasteiger partial charge < -0.3 is 5.32 Å². The molecule has 0 aliphatic carbocycles. The number of benzene rings is 2. The second kappa shape index (κ2) is 6.66. The summed E-state index contributed by atoms with van der Waals surface area (Å²) in [6.07, 6.45) is 3.15. The van der Waals surface area contributed by atoms with Crippen LogP contribution in [-0.2, 0) is 0 Å². The van der Waals surface area contributed by atoms with E-state index in [1.807, 2.05) is 57.2 Å². The predicted octanol–water partition coefficient (Wildman–Crippen LogP) is 3.38. The number of carbonyl (C=O) groups excluding carboxylic acids is 1. The van der Waals surface area contributed by atoms with Crippen molar-refractivity contribution in [2.24, 2.45) is 0 Å². The van der Waals surface area contributed by atoms with Gasteiger partial charge in [0.1, 0.15) is 12.7 Å². The molecule has 3 aromatic rings. The first kappa shape index (κ1) is 15.9. The summed E-state index contributed by atoms with van der Waals surface area (Å²) >= 11 is 0. The van der Waals surface area contributed by atoms with E-state index in [4.69, 9.17) is 0 Å². The van der Waals surface area contributed by atoms with Crippen LogP contribution in [0, 0.1) is 13.8 Å². The second-order valence-electron chi connectivity index (χ2n) is 6.00. The van der Waals surface area contributed by atoms with E-state index in [0.717, 1.165) is 22.4 Å². The summed E-state index contributed by atoms with van der Waals surface area (Å²) in [5, 5.41) is 7.15. The van der Waals surface area contributed by atoms with E-state index < -0.39 is 0 Å². The highest BCUT2D eigenvalue weighted by Gasteiger charge is 2.12. The molecule has 0 bridgehead atoms. The van der Waals surface area contributed by atoms with Gasteiger partial charge in [-0.05, 0) is 50.6 Å². The Morgan fingerprint density at radius 2 is 1.75 bits per heavy atom. The van der Waals surface area contributed by atoms with Crippen LogP contribution in [0.25, 0.3) is 5.69 Å². The molecule has 0 unspecified atom stereocenters. The first-order valence-corrected chi connectivity index (χ1v) is 7.87. The molecule has 1 amide bonds. The molecule has 0 radical (unpaired) electrons. The van der Waals surface area contributed by atoms with E-state index in [1.54, 1.807) is 11.0 Å². The third kappa shape index (κ3) is 3.51. The van der Waals surface area contributed by atoms with Crippen LogP contribution in [0.2, 0.25) is 0 Å². The molecule has 5 heteroatoms. The van der Waals surface area contributed by atoms with E-state index >= 15 is 0 Å². The summed E-state index contributed by atoms with van der Waals surface area (Å²) in [7, 11) is 0. The molecule has 1 N–H and O–H groups in total. The van der Waals surface area contributed by atoms with Gasteiger partial charge in [0.25, 0.3) is 5.91 Å². The number of nitrogens with zero attached hydrogens (tertiary/aromatic N) is 3. The zero-order valence-corrected chi connectivity index (χ0v) is 14.0. The average molecular weight is 320 g/mol. The molecule has 0 spiro atoms. The molecule has 0 aliphatic heterocycles. The lowest BCUT2D eigenvalue weighted by Gasteiger charge is -2.15. The van der Waals surface area contributed by atoms with Crippen molar-refractivity contribution in [3.05, 3.63) is 77.4 Å². The van der Waals surface area contributed by atoms with Gasteiger partial charge >= 0.3 is 0 Å². The Balaban J connectivity index is 1.72. The van der Waals surface area contributed by atoms with Crippen LogP contribution in [0.5, 0.6) is 0 Å². The van der Waals surface area contributed by atoms with Crippen LogP contribution in [-0.4, -0.2) is 20.7 Å².